The number of aromatic nitrogens is 3. The van der Waals surface area contributed by atoms with E-state index in [2.05, 4.69) is 10.1 Å². The molecule has 0 fully saturated rings. The fourth-order valence-corrected chi connectivity index (χ4v) is 4.26. The van der Waals surface area contributed by atoms with Crippen LogP contribution in [0.5, 0.6) is 0 Å². The van der Waals surface area contributed by atoms with E-state index in [-0.39, 0.29) is 4.90 Å². The van der Waals surface area contributed by atoms with E-state index in [1.807, 2.05) is 43.3 Å². The van der Waals surface area contributed by atoms with Crippen molar-refractivity contribution in [1.82, 2.24) is 14.8 Å². The van der Waals surface area contributed by atoms with Crippen LogP contribution in [0, 0.1) is 6.92 Å². The van der Waals surface area contributed by atoms with Crippen LogP contribution < -0.4 is 4.31 Å². The number of anilines is 1. The number of nitrogens with zero attached hydrogens (tertiary/aromatic N) is 4. The van der Waals surface area contributed by atoms with Crippen molar-refractivity contribution in [3.8, 4) is 0 Å². The largest absolute Gasteiger partial charge is 0.269 e. The lowest BCUT2D eigenvalue weighted by Crippen LogP contribution is -2.26. The third kappa shape index (κ3) is 2.52. The maximum absolute atomic E-state index is 13.1. The van der Waals surface area contributed by atoms with Crippen molar-refractivity contribution < 1.29 is 8.42 Å². The number of sulfonamides is 1. The third-order valence-corrected chi connectivity index (χ3v) is 6.34. The minimum atomic E-state index is -3.73. The van der Waals surface area contributed by atoms with E-state index in [9.17, 15) is 8.42 Å². The molecule has 4 aromatic rings. The van der Waals surface area contributed by atoms with Crippen LogP contribution in [0.1, 0.15) is 5.69 Å². The molecule has 0 N–H and O–H groups in total. The number of hydrogen-bond donors (Lipinski definition) is 0. The normalized spacial score (nSPS) is 12.0. The number of rotatable bonds is 3. The first-order valence-corrected chi connectivity index (χ1v) is 9.59. The summed E-state index contributed by atoms with van der Waals surface area (Å²) in [5, 5.41) is 7.09. The maximum atomic E-state index is 13.1. The first-order valence-electron chi connectivity index (χ1n) is 8.15. The van der Waals surface area contributed by atoms with Crippen molar-refractivity contribution in [2.45, 2.75) is 11.8 Å². The standard InChI is InChI=1S/C19H18N4O2S/c1-13-18-11-17(12-20-19(18)22(2)21-13)26(24,25)23(3)16-9-8-14-6-4-5-7-15(14)10-16/h4-12H,1-3H3. The molecule has 4 rings (SSSR count). The van der Waals surface area contributed by atoms with Gasteiger partial charge in [0.05, 0.1) is 11.4 Å². The van der Waals surface area contributed by atoms with Crippen molar-refractivity contribution in [2.24, 2.45) is 7.05 Å². The average Bonchev–Trinajstić information content (AvgIpc) is 2.94. The van der Waals surface area contributed by atoms with Crippen molar-refractivity contribution in [3.05, 3.63) is 60.4 Å². The Kier molecular flexibility index (Phi) is 3.69. The van der Waals surface area contributed by atoms with Crippen molar-refractivity contribution in [2.75, 3.05) is 11.4 Å². The van der Waals surface area contributed by atoms with Gasteiger partial charge in [-0.15, -0.1) is 0 Å². The van der Waals surface area contributed by atoms with E-state index in [4.69, 9.17) is 0 Å². The summed E-state index contributed by atoms with van der Waals surface area (Å²) in [7, 11) is -0.381. The lowest BCUT2D eigenvalue weighted by Gasteiger charge is -2.20. The summed E-state index contributed by atoms with van der Waals surface area (Å²) in [4.78, 5) is 4.44. The molecule has 2 aromatic heterocycles. The summed E-state index contributed by atoms with van der Waals surface area (Å²) in [5.74, 6) is 0. The van der Waals surface area contributed by atoms with Gasteiger partial charge in [-0.05, 0) is 35.9 Å². The molecular formula is C19H18N4O2S. The Labute approximate surface area is 151 Å². The first kappa shape index (κ1) is 16.5. The van der Waals surface area contributed by atoms with E-state index in [1.54, 1.807) is 30.9 Å². The minimum absolute atomic E-state index is 0.150. The Bertz CT molecular complexity index is 1250. The second kappa shape index (κ2) is 5.81. The molecule has 0 aliphatic heterocycles. The lowest BCUT2D eigenvalue weighted by molar-refractivity contribution is 0.594. The Morgan fingerprint density at radius 2 is 1.77 bits per heavy atom. The number of hydrogen-bond acceptors (Lipinski definition) is 4. The molecule has 0 unspecified atom stereocenters. The summed E-state index contributed by atoms with van der Waals surface area (Å²) in [6, 6.07) is 15.1. The van der Waals surface area contributed by atoms with Crippen LogP contribution in [-0.2, 0) is 17.1 Å². The van der Waals surface area contributed by atoms with Crippen LogP contribution >= 0.6 is 0 Å². The first-order chi connectivity index (χ1) is 12.4. The Morgan fingerprint density at radius 1 is 1.04 bits per heavy atom. The number of benzene rings is 2. The predicted octanol–water partition coefficient (Wildman–Crippen LogP) is 3.26. The number of aryl methyl sites for hydroxylation is 2. The Morgan fingerprint density at radius 3 is 2.54 bits per heavy atom. The molecule has 2 heterocycles. The maximum Gasteiger partial charge on any atom is 0.265 e. The molecule has 0 radical (unpaired) electrons. The summed E-state index contributed by atoms with van der Waals surface area (Å²) >= 11 is 0. The van der Waals surface area contributed by atoms with Gasteiger partial charge in [0.25, 0.3) is 10.0 Å². The van der Waals surface area contributed by atoms with Gasteiger partial charge in [0.1, 0.15) is 4.90 Å². The van der Waals surface area contributed by atoms with Gasteiger partial charge in [-0.1, -0.05) is 30.3 Å². The molecule has 26 heavy (non-hydrogen) atoms. The van der Waals surface area contributed by atoms with Gasteiger partial charge < -0.3 is 0 Å². The van der Waals surface area contributed by atoms with Crippen LogP contribution in [0.2, 0.25) is 0 Å². The molecule has 0 aliphatic carbocycles. The number of pyridine rings is 1. The fourth-order valence-electron chi connectivity index (χ4n) is 3.10. The summed E-state index contributed by atoms with van der Waals surface area (Å²) in [5.41, 5.74) is 2.02. The van der Waals surface area contributed by atoms with Crippen molar-refractivity contribution in [3.63, 3.8) is 0 Å². The summed E-state index contributed by atoms with van der Waals surface area (Å²) in [6.45, 7) is 1.84. The van der Waals surface area contributed by atoms with Crippen LogP contribution in [-0.4, -0.2) is 30.2 Å². The third-order valence-electron chi connectivity index (χ3n) is 4.59. The topological polar surface area (TPSA) is 68.1 Å². The monoisotopic (exact) mass is 366 g/mol. The molecule has 7 heteroatoms. The molecule has 0 spiro atoms. The highest BCUT2D eigenvalue weighted by Crippen LogP contribution is 2.27. The smallest absolute Gasteiger partial charge is 0.265 e. The van der Waals surface area contributed by atoms with E-state index in [1.165, 1.54) is 10.5 Å². The van der Waals surface area contributed by atoms with Crippen LogP contribution in [0.15, 0.2) is 59.6 Å². The second-order valence-electron chi connectivity index (χ2n) is 6.26. The van der Waals surface area contributed by atoms with Crippen LogP contribution in [0.25, 0.3) is 21.8 Å². The van der Waals surface area contributed by atoms with E-state index < -0.39 is 10.0 Å². The number of fused-ring (bicyclic) bond motifs is 2. The zero-order valence-corrected chi connectivity index (χ0v) is 15.5. The average molecular weight is 366 g/mol. The molecule has 0 aliphatic rings. The molecule has 0 saturated heterocycles. The molecule has 6 nitrogen and oxygen atoms in total. The van der Waals surface area contributed by atoms with Crippen molar-refractivity contribution >= 4 is 37.5 Å². The van der Waals surface area contributed by atoms with E-state index in [0.29, 0.717) is 11.3 Å². The van der Waals surface area contributed by atoms with E-state index >= 15 is 0 Å². The minimum Gasteiger partial charge on any atom is -0.269 e. The molecule has 0 amide bonds. The molecule has 0 bridgehead atoms. The molecule has 0 saturated carbocycles. The van der Waals surface area contributed by atoms with Gasteiger partial charge in [0.15, 0.2) is 5.65 Å². The molecule has 2 aromatic carbocycles. The quantitative estimate of drug-likeness (QED) is 0.558. The van der Waals surface area contributed by atoms with Gasteiger partial charge in [-0.25, -0.2) is 13.4 Å². The zero-order valence-electron chi connectivity index (χ0n) is 14.7. The summed E-state index contributed by atoms with van der Waals surface area (Å²) in [6.07, 6.45) is 1.39. The molecule has 0 atom stereocenters. The van der Waals surface area contributed by atoms with Gasteiger partial charge in [0.2, 0.25) is 0 Å². The van der Waals surface area contributed by atoms with Gasteiger partial charge in [-0.2, -0.15) is 5.10 Å². The Balaban J connectivity index is 1.80. The van der Waals surface area contributed by atoms with Crippen molar-refractivity contribution in [1.29, 1.82) is 0 Å². The summed E-state index contributed by atoms with van der Waals surface area (Å²) < 4.78 is 29.1. The second-order valence-corrected chi connectivity index (χ2v) is 8.22. The van der Waals surface area contributed by atoms with Crippen LogP contribution in [0.4, 0.5) is 5.69 Å². The highest BCUT2D eigenvalue weighted by Gasteiger charge is 2.23. The highest BCUT2D eigenvalue weighted by molar-refractivity contribution is 7.92. The van der Waals surface area contributed by atoms with E-state index in [0.717, 1.165) is 21.9 Å². The Hall–Kier alpha value is -2.93. The van der Waals surface area contributed by atoms with Gasteiger partial charge in [-0.3, -0.25) is 8.99 Å². The highest BCUT2D eigenvalue weighted by atomic mass is 32.2. The van der Waals surface area contributed by atoms with Gasteiger partial charge >= 0.3 is 0 Å². The SMILES string of the molecule is Cc1nn(C)c2ncc(S(=O)(=O)N(C)c3ccc4ccccc4c3)cc12. The lowest BCUT2D eigenvalue weighted by atomic mass is 10.1. The zero-order chi connectivity index (χ0) is 18.5. The van der Waals surface area contributed by atoms with Gasteiger partial charge in [0, 0.05) is 25.7 Å². The predicted molar refractivity (Wildman–Crippen MR) is 103 cm³/mol. The molecular weight excluding hydrogens is 348 g/mol. The fraction of sp³-hybridized carbons (Fsp3) is 0.158. The van der Waals surface area contributed by atoms with Crippen LogP contribution in [0.3, 0.4) is 0 Å². The molecule has 132 valence electrons.